The molecule has 1 fully saturated rings. The van der Waals surface area contributed by atoms with Crippen molar-refractivity contribution in [2.24, 2.45) is 0 Å². The van der Waals surface area contributed by atoms with Crippen molar-refractivity contribution in [3.63, 3.8) is 0 Å². The molecule has 0 saturated carbocycles. The molecular weight excluding hydrogens is 390 g/mol. The average molecular weight is 422 g/mol. The third kappa shape index (κ3) is 2.94. The van der Waals surface area contributed by atoms with E-state index in [0.717, 1.165) is 49.2 Å². The molecule has 1 aromatic carbocycles. The zero-order valence-corrected chi connectivity index (χ0v) is 19.6. The highest BCUT2D eigenvalue weighted by Crippen LogP contribution is 2.40. The van der Waals surface area contributed by atoms with Gasteiger partial charge >= 0.3 is 0 Å². The smallest absolute Gasteiger partial charge is 0.162 e. The second-order valence-electron chi connectivity index (χ2n) is 9.97. The summed E-state index contributed by atoms with van der Waals surface area (Å²) in [5.74, 6) is 1.79. The minimum Gasteiger partial charge on any atom is -0.379 e. The molecule has 0 bridgehead atoms. The first-order valence-corrected chi connectivity index (χ1v) is 13.8. The van der Waals surface area contributed by atoms with Gasteiger partial charge in [-0.05, 0) is 23.4 Å². The van der Waals surface area contributed by atoms with Gasteiger partial charge in [0.1, 0.15) is 0 Å². The molecule has 0 aliphatic carbocycles. The number of hydrogen-bond donors (Lipinski definition) is 1. The summed E-state index contributed by atoms with van der Waals surface area (Å²) in [6.45, 7) is 15.2. The summed E-state index contributed by atoms with van der Waals surface area (Å²) in [5.41, 5.74) is 3.40. The molecule has 2 aliphatic heterocycles. The molecule has 2 aliphatic rings. The Morgan fingerprint density at radius 3 is 2.83 bits per heavy atom. The van der Waals surface area contributed by atoms with Crippen LogP contribution < -0.4 is 10.2 Å². The molecule has 0 amide bonds. The minimum absolute atomic E-state index is 0.258. The number of nitrogens with zero attached hydrogens (tertiary/aromatic N) is 4. The van der Waals surface area contributed by atoms with Gasteiger partial charge in [-0.15, -0.1) is 0 Å². The fraction of sp³-hybridized carbons (Fsp3) is 0.478. The van der Waals surface area contributed by atoms with E-state index >= 15 is 0 Å². The second kappa shape index (κ2) is 6.82. The van der Waals surface area contributed by atoms with E-state index in [1.54, 1.807) is 0 Å². The van der Waals surface area contributed by atoms with Crippen LogP contribution in [0.3, 0.4) is 0 Å². The highest BCUT2D eigenvalue weighted by molar-refractivity contribution is 6.79. The average Bonchev–Trinajstić information content (AvgIpc) is 3.17. The van der Waals surface area contributed by atoms with Gasteiger partial charge in [0.05, 0.1) is 31.1 Å². The Balaban J connectivity index is 1.61. The summed E-state index contributed by atoms with van der Waals surface area (Å²) in [4.78, 5) is 12.2. The second-order valence-corrected chi connectivity index (χ2v) is 15.1. The summed E-state index contributed by atoms with van der Waals surface area (Å²) in [7, 11) is -1.72. The fourth-order valence-corrected chi connectivity index (χ4v) is 6.36. The molecule has 7 heteroatoms. The van der Waals surface area contributed by atoms with Crippen LogP contribution in [0.25, 0.3) is 22.3 Å². The predicted octanol–water partition coefficient (Wildman–Crippen LogP) is 4.58. The fourth-order valence-electron chi connectivity index (χ4n) is 4.39. The van der Waals surface area contributed by atoms with Gasteiger partial charge in [-0.3, -0.25) is 0 Å². The Labute approximate surface area is 179 Å². The molecule has 1 unspecified atom stereocenters. The van der Waals surface area contributed by atoms with Gasteiger partial charge in [-0.1, -0.05) is 46.0 Å². The Hall–Kier alpha value is -2.38. The number of aromatic nitrogens is 3. The van der Waals surface area contributed by atoms with E-state index in [0.29, 0.717) is 6.04 Å². The van der Waals surface area contributed by atoms with Gasteiger partial charge in [0.25, 0.3) is 0 Å². The molecule has 3 aromatic rings. The van der Waals surface area contributed by atoms with Crippen LogP contribution >= 0.6 is 0 Å². The first-order chi connectivity index (χ1) is 14.3. The highest BCUT2D eigenvalue weighted by Gasteiger charge is 2.38. The number of ether oxygens (including phenoxy) is 1. The summed E-state index contributed by atoms with van der Waals surface area (Å²) in [6, 6.07) is 9.10. The van der Waals surface area contributed by atoms with Gasteiger partial charge in [0, 0.05) is 29.6 Å². The molecule has 1 atom stereocenters. The van der Waals surface area contributed by atoms with Gasteiger partial charge in [-0.25, -0.2) is 9.97 Å². The van der Waals surface area contributed by atoms with Crippen LogP contribution in [-0.2, 0) is 4.74 Å². The maximum atomic E-state index is 5.66. The number of benzene rings is 1. The molecule has 1 N–H and O–H groups in total. The standard InChI is InChI=1S/C23H31N5OSi/c1-23(2,3)30(4,5)28-10-9-17-18(7-6-8-20(17)28)21-25-14-19-22(26-21)27-11-12-29-15-16(27)13-24-19/h6-10,14,16,24H,11-13,15H2,1-5H3. The lowest BCUT2D eigenvalue weighted by Gasteiger charge is -2.41. The summed E-state index contributed by atoms with van der Waals surface area (Å²) < 4.78 is 8.20. The van der Waals surface area contributed by atoms with E-state index in [1.165, 1.54) is 10.9 Å². The van der Waals surface area contributed by atoms with Gasteiger partial charge in [0.2, 0.25) is 0 Å². The quantitative estimate of drug-likeness (QED) is 0.614. The van der Waals surface area contributed by atoms with Crippen molar-refractivity contribution in [3.05, 3.63) is 36.7 Å². The normalized spacial score (nSPS) is 19.4. The lowest BCUT2D eigenvalue weighted by molar-refractivity contribution is 0.0959. The topological polar surface area (TPSA) is 55.2 Å². The maximum Gasteiger partial charge on any atom is 0.162 e. The van der Waals surface area contributed by atoms with Crippen LogP contribution in [0.1, 0.15) is 20.8 Å². The Kier molecular flexibility index (Phi) is 4.45. The van der Waals surface area contributed by atoms with Crippen LogP contribution in [0.2, 0.25) is 18.1 Å². The summed E-state index contributed by atoms with van der Waals surface area (Å²) in [5, 5.41) is 4.96. The minimum atomic E-state index is -1.72. The van der Waals surface area contributed by atoms with E-state index in [2.05, 4.69) is 78.8 Å². The Morgan fingerprint density at radius 2 is 2.03 bits per heavy atom. The van der Waals surface area contributed by atoms with Crippen LogP contribution in [0.5, 0.6) is 0 Å². The van der Waals surface area contributed by atoms with Crippen LogP contribution in [0, 0.1) is 0 Å². The molecule has 6 nitrogen and oxygen atoms in total. The van der Waals surface area contributed by atoms with E-state index in [4.69, 9.17) is 14.7 Å². The van der Waals surface area contributed by atoms with Crippen molar-refractivity contribution in [1.82, 2.24) is 14.2 Å². The van der Waals surface area contributed by atoms with Crippen molar-refractivity contribution in [1.29, 1.82) is 0 Å². The van der Waals surface area contributed by atoms with Crippen molar-refractivity contribution in [2.45, 2.75) is 44.9 Å². The van der Waals surface area contributed by atoms with Crippen molar-refractivity contribution in [2.75, 3.05) is 36.5 Å². The number of fused-ring (bicyclic) bond motifs is 4. The van der Waals surface area contributed by atoms with Crippen molar-refractivity contribution >= 4 is 30.6 Å². The molecule has 1 saturated heterocycles. The first kappa shape index (κ1) is 19.6. The molecular formula is C23H31N5OSi. The number of hydrogen-bond acceptors (Lipinski definition) is 5. The zero-order chi connectivity index (χ0) is 21.1. The molecule has 2 aromatic heterocycles. The number of morpholine rings is 1. The molecule has 158 valence electrons. The van der Waals surface area contributed by atoms with Crippen LogP contribution in [-0.4, -0.2) is 54.8 Å². The number of anilines is 2. The first-order valence-electron chi connectivity index (χ1n) is 10.8. The predicted molar refractivity (Wildman–Crippen MR) is 126 cm³/mol. The summed E-state index contributed by atoms with van der Waals surface area (Å²) in [6.07, 6.45) is 4.20. The largest absolute Gasteiger partial charge is 0.379 e. The molecule has 0 radical (unpaired) electrons. The SMILES string of the molecule is CC(C)(C)[Si](C)(C)n1ccc2c(-c3ncc4c(n3)N3CCOCC3CN4)cccc21. The van der Waals surface area contributed by atoms with Gasteiger partial charge in [-0.2, -0.15) is 0 Å². The lowest BCUT2D eigenvalue weighted by atomic mass is 10.1. The van der Waals surface area contributed by atoms with Gasteiger partial charge < -0.3 is 19.2 Å². The monoisotopic (exact) mass is 421 g/mol. The molecule has 0 spiro atoms. The molecule has 5 rings (SSSR count). The van der Waals surface area contributed by atoms with E-state index < -0.39 is 8.24 Å². The van der Waals surface area contributed by atoms with Crippen molar-refractivity contribution < 1.29 is 4.74 Å². The number of rotatable bonds is 2. The van der Waals surface area contributed by atoms with E-state index in [9.17, 15) is 0 Å². The van der Waals surface area contributed by atoms with Crippen molar-refractivity contribution in [3.8, 4) is 11.4 Å². The van der Waals surface area contributed by atoms with E-state index in [1.807, 2.05) is 6.20 Å². The highest BCUT2D eigenvalue weighted by atomic mass is 28.3. The maximum absolute atomic E-state index is 5.66. The number of nitrogens with one attached hydrogen (secondary N) is 1. The van der Waals surface area contributed by atoms with Crippen LogP contribution in [0.15, 0.2) is 36.7 Å². The zero-order valence-electron chi connectivity index (χ0n) is 18.6. The van der Waals surface area contributed by atoms with E-state index in [-0.39, 0.29) is 5.04 Å². The van der Waals surface area contributed by atoms with Crippen LogP contribution in [0.4, 0.5) is 11.5 Å². The third-order valence-electron chi connectivity index (χ3n) is 7.21. The molecule has 4 heterocycles. The third-order valence-corrected chi connectivity index (χ3v) is 12.5. The lowest BCUT2D eigenvalue weighted by Crippen LogP contribution is -2.52. The molecule has 30 heavy (non-hydrogen) atoms. The Bertz CT molecular complexity index is 1100. The Morgan fingerprint density at radius 1 is 1.20 bits per heavy atom. The summed E-state index contributed by atoms with van der Waals surface area (Å²) >= 11 is 0. The van der Waals surface area contributed by atoms with Gasteiger partial charge in [0.15, 0.2) is 19.9 Å².